The molecule has 1 N–H and O–H groups in total. The van der Waals surface area contributed by atoms with Gasteiger partial charge in [-0.05, 0) is 52.4 Å². The molecule has 0 aromatic heterocycles. The van der Waals surface area contributed by atoms with Gasteiger partial charge in [-0.3, -0.25) is 4.79 Å². The third kappa shape index (κ3) is 5.50. The molecule has 1 aliphatic rings. The summed E-state index contributed by atoms with van der Waals surface area (Å²) < 4.78 is 4.74. The summed E-state index contributed by atoms with van der Waals surface area (Å²) in [5.41, 5.74) is 0. The van der Waals surface area contributed by atoms with Crippen LogP contribution in [0.25, 0.3) is 0 Å². The minimum absolute atomic E-state index is 0.138. The molecule has 1 heterocycles. The number of nitrogens with one attached hydrogen (secondary N) is 1. The Hall–Kier alpha value is -0.610. The Morgan fingerprint density at radius 1 is 1.29 bits per heavy atom. The van der Waals surface area contributed by atoms with Gasteiger partial charge in [0.2, 0.25) is 0 Å². The van der Waals surface area contributed by atoms with Crippen LogP contribution in [0.5, 0.6) is 0 Å². The average Bonchev–Trinajstić information content (AvgIpc) is 2.39. The summed E-state index contributed by atoms with van der Waals surface area (Å²) in [6.07, 6.45) is 7.21. The van der Waals surface area contributed by atoms with Crippen molar-refractivity contribution >= 4 is 5.97 Å². The van der Waals surface area contributed by atoms with E-state index in [1.54, 1.807) is 0 Å². The zero-order valence-electron chi connectivity index (χ0n) is 11.2. The van der Waals surface area contributed by atoms with E-state index in [2.05, 4.69) is 10.2 Å². The molecule has 17 heavy (non-hydrogen) atoms. The molecule has 0 aromatic rings. The second kappa shape index (κ2) is 8.48. The maximum Gasteiger partial charge on any atom is 0.322 e. The van der Waals surface area contributed by atoms with E-state index in [-0.39, 0.29) is 12.0 Å². The van der Waals surface area contributed by atoms with Gasteiger partial charge in [-0.15, -0.1) is 0 Å². The van der Waals surface area contributed by atoms with Crippen LogP contribution in [0.1, 0.15) is 38.5 Å². The van der Waals surface area contributed by atoms with Gasteiger partial charge in [0, 0.05) is 0 Å². The van der Waals surface area contributed by atoms with Crippen molar-refractivity contribution in [2.75, 3.05) is 33.8 Å². The van der Waals surface area contributed by atoms with Gasteiger partial charge >= 0.3 is 5.97 Å². The zero-order valence-corrected chi connectivity index (χ0v) is 11.2. The van der Waals surface area contributed by atoms with Gasteiger partial charge in [-0.2, -0.15) is 0 Å². The highest BCUT2D eigenvalue weighted by atomic mass is 16.5. The molecule has 0 unspecified atom stereocenters. The number of rotatable bonds is 7. The van der Waals surface area contributed by atoms with Gasteiger partial charge in [-0.25, -0.2) is 0 Å². The minimum Gasteiger partial charge on any atom is -0.468 e. The van der Waals surface area contributed by atoms with Crippen LogP contribution in [0.3, 0.4) is 0 Å². The lowest BCUT2D eigenvalue weighted by atomic mass is 10.1. The maximum absolute atomic E-state index is 11.3. The Labute approximate surface area is 105 Å². The molecule has 4 heteroatoms. The number of hydrogen-bond acceptors (Lipinski definition) is 4. The Kier molecular flexibility index (Phi) is 7.21. The van der Waals surface area contributed by atoms with Crippen LogP contribution >= 0.6 is 0 Å². The fourth-order valence-corrected chi connectivity index (χ4v) is 2.39. The molecule has 0 saturated carbocycles. The number of piperidine rings is 1. The number of likely N-dealkylation sites (tertiary alicyclic amines) is 1. The molecule has 0 aromatic carbocycles. The number of unbranched alkanes of at least 4 members (excludes halogenated alkanes) is 1. The first-order chi connectivity index (χ1) is 8.27. The first-order valence-electron chi connectivity index (χ1n) is 6.75. The largest absolute Gasteiger partial charge is 0.468 e. The predicted octanol–water partition coefficient (Wildman–Crippen LogP) is 1.40. The van der Waals surface area contributed by atoms with Crippen LogP contribution in [0, 0.1) is 0 Å². The van der Waals surface area contributed by atoms with E-state index in [9.17, 15) is 4.79 Å². The molecule has 100 valence electrons. The molecule has 1 atom stereocenters. The lowest BCUT2D eigenvalue weighted by molar-refractivity contribution is -0.143. The topological polar surface area (TPSA) is 41.6 Å². The number of likely N-dealkylation sites (N-methyl/N-ethyl adjacent to an activating group) is 1. The van der Waals surface area contributed by atoms with Crippen molar-refractivity contribution in [1.82, 2.24) is 10.2 Å². The van der Waals surface area contributed by atoms with E-state index >= 15 is 0 Å². The van der Waals surface area contributed by atoms with Gasteiger partial charge in [0.15, 0.2) is 0 Å². The van der Waals surface area contributed by atoms with Crippen molar-refractivity contribution in [3.63, 3.8) is 0 Å². The summed E-state index contributed by atoms with van der Waals surface area (Å²) in [5, 5.41) is 3.00. The van der Waals surface area contributed by atoms with Gasteiger partial charge in [0.25, 0.3) is 0 Å². The van der Waals surface area contributed by atoms with Crippen LogP contribution in [0.2, 0.25) is 0 Å². The van der Waals surface area contributed by atoms with E-state index in [0.717, 1.165) is 12.8 Å². The number of esters is 1. The lowest BCUT2D eigenvalue weighted by Crippen LogP contribution is -2.35. The molecule has 0 radical (unpaired) electrons. The van der Waals surface area contributed by atoms with Gasteiger partial charge in [0.1, 0.15) is 6.04 Å². The van der Waals surface area contributed by atoms with Crippen molar-refractivity contribution in [1.29, 1.82) is 0 Å². The predicted molar refractivity (Wildman–Crippen MR) is 69.0 cm³/mol. The summed E-state index contributed by atoms with van der Waals surface area (Å²) >= 11 is 0. The van der Waals surface area contributed by atoms with Crippen LogP contribution < -0.4 is 5.32 Å². The minimum atomic E-state index is -0.148. The van der Waals surface area contributed by atoms with Gasteiger partial charge in [0.05, 0.1) is 7.11 Å². The Morgan fingerprint density at radius 2 is 2.00 bits per heavy atom. The lowest BCUT2D eigenvalue weighted by Gasteiger charge is -2.26. The molecule has 0 aliphatic carbocycles. The molecule has 0 spiro atoms. The zero-order chi connectivity index (χ0) is 12.5. The SMILES string of the molecule is CN[C@H](CCCCN1CCCCC1)C(=O)OC. The normalized spacial score (nSPS) is 18.9. The third-order valence-electron chi connectivity index (χ3n) is 3.50. The van der Waals surface area contributed by atoms with Crippen molar-refractivity contribution in [3.05, 3.63) is 0 Å². The van der Waals surface area contributed by atoms with E-state index in [1.165, 1.54) is 52.4 Å². The second-order valence-electron chi connectivity index (χ2n) is 4.76. The molecule has 1 rings (SSSR count). The highest BCUT2D eigenvalue weighted by Gasteiger charge is 2.16. The number of carbonyl (C=O) groups excluding carboxylic acids is 1. The number of nitrogens with zero attached hydrogens (tertiary/aromatic N) is 1. The molecule has 0 amide bonds. The molecule has 0 bridgehead atoms. The van der Waals surface area contributed by atoms with Gasteiger partial charge in [-0.1, -0.05) is 12.8 Å². The van der Waals surface area contributed by atoms with Crippen LogP contribution in [0.15, 0.2) is 0 Å². The maximum atomic E-state index is 11.3. The highest BCUT2D eigenvalue weighted by Crippen LogP contribution is 2.10. The second-order valence-corrected chi connectivity index (χ2v) is 4.76. The fraction of sp³-hybridized carbons (Fsp3) is 0.923. The van der Waals surface area contributed by atoms with Crippen molar-refractivity contribution in [2.45, 2.75) is 44.6 Å². The highest BCUT2D eigenvalue weighted by molar-refractivity contribution is 5.75. The summed E-state index contributed by atoms with van der Waals surface area (Å²) in [6, 6.07) is -0.138. The number of carbonyl (C=O) groups is 1. The van der Waals surface area contributed by atoms with E-state index in [4.69, 9.17) is 4.74 Å². The van der Waals surface area contributed by atoms with Crippen LogP contribution in [-0.2, 0) is 9.53 Å². The van der Waals surface area contributed by atoms with Crippen molar-refractivity contribution in [2.24, 2.45) is 0 Å². The molecule has 1 aliphatic heterocycles. The first-order valence-corrected chi connectivity index (χ1v) is 6.75. The van der Waals surface area contributed by atoms with Crippen LogP contribution in [-0.4, -0.2) is 50.7 Å². The summed E-state index contributed by atoms with van der Waals surface area (Å²) in [6.45, 7) is 3.69. The van der Waals surface area contributed by atoms with E-state index in [1.807, 2.05) is 7.05 Å². The molecular formula is C13H26N2O2. The summed E-state index contributed by atoms with van der Waals surface area (Å²) in [7, 11) is 3.26. The molecular weight excluding hydrogens is 216 g/mol. The molecule has 1 saturated heterocycles. The first kappa shape index (κ1) is 14.5. The fourth-order valence-electron chi connectivity index (χ4n) is 2.39. The molecule has 4 nitrogen and oxygen atoms in total. The average molecular weight is 242 g/mol. The standard InChI is InChI=1S/C13H26N2O2/c1-14-12(13(16)17-2)8-4-7-11-15-9-5-3-6-10-15/h12,14H,3-11H2,1-2H3/t12-/m1/s1. The summed E-state index contributed by atoms with van der Waals surface area (Å²) in [4.78, 5) is 13.9. The van der Waals surface area contributed by atoms with E-state index in [0.29, 0.717) is 0 Å². The van der Waals surface area contributed by atoms with E-state index < -0.39 is 0 Å². The Morgan fingerprint density at radius 3 is 2.59 bits per heavy atom. The number of hydrogen-bond donors (Lipinski definition) is 1. The Balaban J connectivity index is 2.07. The Bertz CT molecular complexity index is 215. The van der Waals surface area contributed by atoms with Crippen molar-refractivity contribution < 1.29 is 9.53 Å². The van der Waals surface area contributed by atoms with Crippen molar-refractivity contribution in [3.8, 4) is 0 Å². The summed E-state index contributed by atoms with van der Waals surface area (Å²) in [5.74, 6) is -0.148. The quantitative estimate of drug-likeness (QED) is 0.541. The molecule has 1 fully saturated rings. The van der Waals surface area contributed by atoms with Gasteiger partial charge < -0.3 is 15.0 Å². The number of methoxy groups -OCH3 is 1. The smallest absolute Gasteiger partial charge is 0.322 e. The van der Waals surface area contributed by atoms with Crippen LogP contribution in [0.4, 0.5) is 0 Å². The number of ether oxygens (including phenoxy) is 1. The monoisotopic (exact) mass is 242 g/mol. The third-order valence-corrected chi connectivity index (χ3v) is 3.50.